The van der Waals surface area contributed by atoms with Crippen LogP contribution in [0.1, 0.15) is 63.5 Å². The van der Waals surface area contributed by atoms with Gasteiger partial charge in [0, 0.05) is 23.7 Å². The van der Waals surface area contributed by atoms with Crippen LogP contribution in [0, 0.1) is 11.8 Å². The molecule has 1 aliphatic carbocycles. The minimum absolute atomic E-state index is 0.00146. The van der Waals surface area contributed by atoms with Gasteiger partial charge in [-0.3, -0.25) is 9.79 Å². The molecule has 208 valence electrons. The van der Waals surface area contributed by atoms with Gasteiger partial charge in [0.2, 0.25) is 0 Å². The molecule has 0 amide bonds. The van der Waals surface area contributed by atoms with Crippen LogP contribution in [0.5, 0.6) is 23.0 Å². The van der Waals surface area contributed by atoms with Crippen LogP contribution in [0.25, 0.3) is 0 Å². The highest BCUT2D eigenvalue weighted by Gasteiger charge is 2.46. The molecule has 39 heavy (non-hydrogen) atoms. The number of fused-ring (bicyclic) bond motifs is 1. The molecule has 4 rings (SSSR count). The van der Waals surface area contributed by atoms with Gasteiger partial charge in [-0.05, 0) is 67.5 Å². The lowest BCUT2D eigenvalue weighted by molar-refractivity contribution is -0.140. The lowest BCUT2D eigenvalue weighted by atomic mass is 9.66. The number of carbonyl (C=O) groups is 2. The third-order valence-corrected chi connectivity index (χ3v) is 7.24. The first-order valence-electron chi connectivity index (χ1n) is 13.3. The van der Waals surface area contributed by atoms with Gasteiger partial charge in [0.1, 0.15) is 5.78 Å². The van der Waals surface area contributed by atoms with E-state index in [1.54, 1.807) is 33.3 Å². The summed E-state index contributed by atoms with van der Waals surface area (Å²) in [5.41, 5.74) is 3.30. The van der Waals surface area contributed by atoms with Gasteiger partial charge in [-0.15, -0.1) is 0 Å². The number of phenols is 1. The van der Waals surface area contributed by atoms with Gasteiger partial charge in [0.25, 0.3) is 0 Å². The normalized spacial score (nSPS) is 20.8. The van der Waals surface area contributed by atoms with Crippen LogP contribution >= 0.6 is 0 Å². The number of ether oxygens (including phenoxy) is 4. The minimum atomic E-state index is -0.620. The second-order valence-corrected chi connectivity index (χ2v) is 10.4. The van der Waals surface area contributed by atoms with E-state index in [2.05, 4.69) is 0 Å². The average molecular weight is 536 g/mol. The number of benzene rings is 2. The molecular formula is C31H37NO7. The fraction of sp³-hybridized carbons (Fsp3) is 0.452. The summed E-state index contributed by atoms with van der Waals surface area (Å²) < 4.78 is 22.1. The van der Waals surface area contributed by atoms with Crippen LogP contribution in [0.2, 0.25) is 0 Å². The van der Waals surface area contributed by atoms with Gasteiger partial charge < -0.3 is 24.1 Å². The molecule has 0 spiro atoms. The average Bonchev–Trinajstić information content (AvgIpc) is 2.91. The predicted molar refractivity (Wildman–Crippen MR) is 148 cm³/mol. The molecule has 1 heterocycles. The van der Waals surface area contributed by atoms with Crippen molar-refractivity contribution in [3.05, 3.63) is 58.8 Å². The molecule has 1 N–H and O–H groups in total. The molecule has 8 nitrogen and oxygen atoms in total. The Morgan fingerprint density at radius 2 is 1.69 bits per heavy atom. The summed E-state index contributed by atoms with van der Waals surface area (Å²) in [5, 5.41) is 10.3. The first kappa shape index (κ1) is 28.2. The number of hydrogen-bond donors (Lipinski definition) is 1. The molecule has 0 radical (unpaired) electrons. The van der Waals surface area contributed by atoms with Crippen LogP contribution in [0.15, 0.2) is 52.7 Å². The van der Waals surface area contributed by atoms with Crippen molar-refractivity contribution in [2.45, 2.75) is 52.4 Å². The monoisotopic (exact) mass is 535 g/mol. The zero-order valence-electron chi connectivity index (χ0n) is 23.4. The van der Waals surface area contributed by atoms with Crippen molar-refractivity contribution in [1.82, 2.24) is 0 Å². The number of nitrogens with zero attached hydrogens (tertiary/aromatic N) is 1. The minimum Gasteiger partial charge on any atom is -0.504 e. The Labute approximate surface area is 229 Å². The molecule has 0 bridgehead atoms. The number of aliphatic imine (C=N–C) groups is 1. The second kappa shape index (κ2) is 11.9. The Hall–Kier alpha value is -3.81. The number of carbonyl (C=O) groups excluding carboxylic acids is 2. The molecule has 0 saturated heterocycles. The third kappa shape index (κ3) is 5.79. The number of hydrogen-bond acceptors (Lipinski definition) is 8. The number of phenolic OH excluding ortho intramolecular Hbond substituents is 1. The van der Waals surface area contributed by atoms with E-state index in [4.69, 9.17) is 23.9 Å². The summed E-state index contributed by atoms with van der Waals surface area (Å²) in [7, 11) is 3.17. The molecule has 1 fully saturated rings. The fourth-order valence-electron chi connectivity index (χ4n) is 5.46. The molecule has 2 aromatic carbocycles. The van der Waals surface area contributed by atoms with Gasteiger partial charge in [-0.2, -0.15) is 0 Å². The predicted octanol–water partition coefficient (Wildman–Crippen LogP) is 5.58. The van der Waals surface area contributed by atoms with E-state index in [1.807, 2.05) is 39.0 Å². The molecule has 2 aliphatic rings. The Morgan fingerprint density at radius 1 is 1.00 bits per heavy atom. The number of rotatable bonds is 9. The topological polar surface area (TPSA) is 104 Å². The third-order valence-electron chi connectivity index (χ3n) is 7.24. The molecule has 1 saturated carbocycles. The van der Waals surface area contributed by atoms with Crippen LogP contribution in [0.3, 0.4) is 0 Å². The van der Waals surface area contributed by atoms with Crippen LogP contribution in [0.4, 0.5) is 0 Å². The molecule has 3 atom stereocenters. The van der Waals surface area contributed by atoms with E-state index in [0.717, 1.165) is 11.3 Å². The highest BCUT2D eigenvalue weighted by molar-refractivity contribution is 6.12. The fourth-order valence-corrected chi connectivity index (χ4v) is 5.46. The summed E-state index contributed by atoms with van der Waals surface area (Å²) in [4.78, 5) is 32.1. The van der Waals surface area contributed by atoms with Crippen molar-refractivity contribution in [3.8, 4) is 23.0 Å². The highest BCUT2D eigenvalue weighted by Crippen LogP contribution is 2.47. The van der Waals surface area contributed by atoms with E-state index in [9.17, 15) is 14.7 Å². The molecule has 0 aromatic heterocycles. The zero-order valence-corrected chi connectivity index (χ0v) is 23.4. The summed E-state index contributed by atoms with van der Waals surface area (Å²) in [6.07, 6.45) is 0.851. The largest absolute Gasteiger partial charge is 0.504 e. The number of Topliss-reactive ketones (excluding diaryl/α,β-unsaturated/α-hetero) is 1. The van der Waals surface area contributed by atoms with E-state index in [0.29, 0.717) is 53.5 Å². The Kier molecular flexibility index (Phi) is 8.63. The van der Waals surface area contributed by atoms with Gasteiger partial charge >= 0.3 is 5.97 Å². The van der Waals surface area contributed by atoms with Crippen molar-refractivity contribution in [2.24, 2.45) is 16.8 Å². The Morgan fingerprint density at radius 3 is 2.36 bits per heavy atom. The van der Waals surface area contributed by atoms with Gasteiger partial charge in [0.15, 0.2) is 23.0 Å². The molecule has 2 aromatic rings. The van der Waals surface area contributed by atoms with Crippen LogP contribution in [-0.4, -0.2) is 50.0 Å². The molecular weight excluding hydrogens is 498 g/mol. The highest BCUT2D eigenvalue weighted by atomic mass is 16.5. The van der Waals surface area contributed by atoms with Crippen LogP contribution in [-0.2, 0) is 14.3 Å². The standard InChI is InChI=1S/C31H37NO7/c1-7-38-26-15-20(8-10-23(26)33)29-28(31(35)39-16-17(2)3)18(4)32-22-12-21(13-24(34)30(22)29)19-9-11-25(36-5)27(14-19)37-6/h8-11,14-15,17,21,29-30,33H,7,12-13,16H2,1-6H3/t21-,29-,30?/m1/s1. The maximum Gasteiger partial charge on any atom is 0.336 e. The lowest BCUT2D eigenvalue weighted by Crippen LogP contribution is -2.41. The first-order valence-corrected chi connectivity index (χ1v) is 13.3. The maximum atomic E-state index is 13.9. The molecule has 1 unspecified atom stereocenters. The summed E-state index contributed by atoms with van der Waals surface area (Å²) in [6.45, 7) is 8.18. The summed E-state index contributed by atoms with van der Waals surface area (Å²) >= 11 is 0. The number of aromatic hydroxyl groups is 1. The number of methoxy groups -OCH3 is 2. The zero-order chi connectivity index (χ0) is 28.3. The van der Waals surface area contributed by atoms with E-state index in [1.165, 1.54) is 6.07 Å². The van der Waals surface area contributed by atoms with Crippen molar-refractivity contribution >= 4 is 17.5 Å². The second-order valence-electron chi connectivity index (χ2n) is 10.4. The van der Waals surface area contributed by atoms with E-state index < -0.39 is 17.8 Å². The first-order chi connectivity index (χ1) is 18.7. The number of esters is 1. The van der Waals surface area contributed by atoms with E-state index >= 15 is 0 Å². The summed E-state index contributed by atoms with van der Waals surface area (Å²) in [5.74, 6) is -0.101. The smallest absolute Gasteiger partial charge is 0.336 e. The quantitative estimate of drug-likeness (QED) is 0.418. The van der Waals surface area contributed by atoms with E-state index in [-0.39, 0.29) is 30.0 Å². The van der Waals surface area contributed by atoms with Gasteiger partial charge in [-0.25, -0.2) is 4.79 Å². The van der Waals surface area contributed by atoms with Crippen molar-refractivity contribution < 1.29 is 33.6 Å². The number of allylic oxidation sites excluding steroid dienone is 1. The maximum absolute atomic E-state index is 13.9. The molecule has 1 aliphatic heterocycles. The van der Waals surface area contributed by atoms with Gasteiger partial charge in [-0.1, -0.05) is 26.0 Å². The van der Waals surface area contributed by atoms with Gasteiger partial charge in [0.05, 0.1) is 38.9 Å². The number of ketones is 1. The van der Waals surface area contributed by atoms with Crippen LogP contribution < -0.4 is 14.2 Å². The lowest BCUT2D eigenvalue weighted by Gasteiger charge is -2.38. The SMILES string of the molecule is CCOc1cc([C@@H]2C(C(=O)OCC(C)C)=C(C)N=C3C[C@@H](c4ccc(OC)c(OC)c4)CC(=O)C32)ccc1O. The Balaban J connectivity index is 1.78. The summed E-state index contributed by atoms with van der Waals surface area (Å²) in [6, 6.07) is 10.7. The molecule has 8 heteroatoms. The van der Waals surface area contributed by atoms with Crippen molar-refractivity contribution in [2.75, 3.05) is 27.4 Å². The van der Waals surface area contributed by atoms with Crippen molar-refractivity contribution in [1.29, 1.82) is 0 Å². The van der Waals surface area contributed by atoms with Crippen molar-refractivity contribution in [3.63, 3.8) is 0 Å². The Bertz CT molecular complexity index is 1310.